The van der Waals surface area contributed by atoms with Gasteiger partial charge in [-0.25, -0.2) is 0 Å². The molecule has 1 amide bonds. The van der Waals surface area contributed by atoms with Gasteiger partial charge in [-0.05, 0) is 13.8 Å². The van der Waals surface area contributed by atoms with Crippen molar-refractivity contribution in [2.75, 3.05) is 7.05 Å². The molecule has 0 aliphatic carbocycles. The molecular formula is C9H16N2O. The van der Waals surface area contributed by atoms with Crippen LogP contribution in [-0.4, -0.2) is 13.0 Å². The summed E-state index contributed by atoms with van der Waals surface area (Å²) in [5.41, 5.74) is 2.53. The quantitative estimate of drug-likeness (QED) is 0.621. The Morgan fingerprint density at radius 1 is 1.25 bits per heavy atom. The summed E-state index contributed by atoms with van der Waals surface area (Å²) in [6.45, 7) is 9.09. The van der Waals surface area contributed by atoms with Crippen LogP contribution < -0.4 is 10.6 Å². The van der Waals surface area contributed by atoms with Gasteiger partial charge >= 0.3 is 0 Å². The third-order valence-electron chi connectivity index (χ3n) is 1.40. The highest BCUT2D eigenvalue weighted by Crippen LogP contribution is 2.06. The lowest BCUT2D eigenvalue weighted by atomic mass is 10.2. The van der Waals surface area contributed by atoms with Gasteiger partial charge in [0.1, 0.15) is 0 Å². The van der Waals surface area contributed by atoms with Crippen LogP contribution in [0.2, 0.25) is 0 Å². The zero-order chi connectivity index (χ0) is 9.72. The van der Waals surface area contributed by atoms with E-state index in [4.69, 9.17) is 0 Å². The molecule has 0 rings (SSSR count). The number of hydrogen-bond donors (Lipinski definition) is 2. The Bertz CT molecular complexity index is 225. The van der Waals surface area contributed by atoms with Gasteiger partial charge < -0.3 is 10.6 Å². The van der Waals surface area contributed by atoms with Crippen molar-refractivity contribution in [1.82, 2.24) is 10.6 Å². The smallest absolute Gasteiger partial charge is 0.221 e. The van der Waals surface area contributed by atoms with Crippen LogP contribution in [0.4, 0.5) is 0 Å². The molecule has 0 heterocycles. The normalized spacial score (nSPS) is 8.67. The third-order valence-corrected chi connectivity index (χ3v) is 1.40. The minimum Gasteiger partial charge on any atom is -0.387 e. The molecule has 0 radical (unpaired) electrons. The zero-order valence-corrected chi connectivity index (χ0v) is 8.12. The average Bonchev–Trinajstić information content (AvgIpc) is 1.98. The minimum atomic E-state index is -0.0809. The first-order valence-electron chi connectivity index (χ1n) is 3.81. The number of amides is 1. The van der Waals surface area contributed by atoms with E-state index in [0.29, 0.717) is 0 Å². The first-order valence-corrected chi connectivity index (χ1v) is 3.81. The average molecular weight is 168 g/mol. The van der Waals surface area contributed by atoms with Gasteiger partial charge in [0, 0.05) is 14.0 Å². The second-order valence-electron chi connectivity index (χ2n) is 2.78. The van der Waals surface area contributed by atoms with Crippen LogP contribution in [0, 0.1) is 0 Å². The largest absolute Gasteiger partial charge is 0.387 e. The molecule has 0 aromatic carbocycles. The van der Waals surface area contributed by atoms with Gasteiger partial charge in [0.2, 0.25) is 5.91 Å². The fourth-order valence-electron chi connectivity index (χ4n) is 0.803. The van der Waals surface area contributed by atoms with Crippen LogP contribution in [-0.2, 0) is 4.79 Å². The predicted octanol–water partition coefficient (Wildman–Crippen LogP) is 1.15. The number of hydrogen-bond acceptors (Lipinski definition) is 2. The van der Waals surface area contributed by atoms with E-state index in [1.165, 1.54) is 6.92 Å². The van der Waals surface area contributed by atoms with Crippen molar-refractivity contribution >= 4 is 5.91 Å². The number of allylic oxidation sites excluding steroid dienone is 1. The van der Waals surface area contributed by atoms with Crippen molar-refractivity contribution in [3.8, 4) is 0 Å². The van der Waals surface area contributed by atoms with Crippen LogP contribution in [0.5, 0.6) is 0 Å². The summed E-state index contributed by atoms with van der Waals surface area (Å²) in [7, 11) is 1.77. The molecule has 0 aromatic heterocycles. The second-order valence-corrected chi connectivity index (χ2v) is 2.78. The highest BCUT2D eigenvalue weighted by molar-refractivity contribution is 5.76. The Labute approximate surface area is 73.5 Å². The molecule has 3 heteroatoms. The zero-order valence-electron chi connectivity index (χ0n) is 8.12. The molecule has 68 valence electrons. The fourth-order valence-corrected chi connectivity index (χ4v) is 0.803. The molecule has 0 unspecified atom stereocenters. The molecule has 0 atom stereocenters. The van der Waals surface area contributed by atoms with Gasteiger partial charge in [-0.1, -0.05) is 12.2 Å². The maximum Gasteiger partial charge on any atom is 0.221 e. The van der Waals surface area contributed by atoms with Crippen LogP contribution in [0.25, 0.3) is 0 Å². The van der Waals surface area contributed by atoms with Crippen molar-refractivity contribution in [3.63, 3.8) is 0 Å². The van der Waals surface area contributed by atoms with E-state index in [-0.39, 0.29) is 5.91 Å². The number of rotatable bonds is 3. The fraction of sp³-hybridized carbons (Fsp3) is 0.444. The lowest BCUT2D eigenvalue weighted by molar-refractivity contribution is -0.118. The maximum absolute atomic E-state index is 10.8. The van der Waals surface area contributed by atoms with E-state index < -0.39 is 0 Å². The lowest BCUT2D eigenvalue weighted by Gasteiger charge is -2.12. The van der Waals surface area contributed by atoms with Gasteiger partial charge in [0.05, 0.1) is 11.4 Å². The summed E-state index contributed by atoms with van der Waals surface area (Å²) in [4.78, 5) is 10.8. The Hall–Kier alpha value is -1.25. The molecule has 0 saturated carbocycles. The van der Waals surface area contributed by atoms with Crippen LogP contribution in [0.3, 0.4) is 0 Å². The van der Waals surface area contributed by atoms with Crippen LogP contribution >= 0.6 is 0 Å². The number of likely N-dealkylation sites (N-methyl/N-ethyl adjacent to an activating group) is 1. The highest BCUT2D eigenvalue weighted by atomic mass is 16.1. The van der Waals surface area contributed by atoms with Gasteiger partial charge in [0.25, 0.3) is 0 Å². The summed E-state index contributed by atoms with van der Waals surface area (Å²) in [5, 5.41) is 5.59. The summed E-state index contributed by atoms with van der Waals surface area (Å²) in [6, 6.07) is 0. The SMILES string of the molecule is C=C(NC)C(NC(C)=O)=C(C)C. The van der Waals surface area contributed by atoms with Crippen LogP contribution in [0.1, 0.15) is 20.8 Å². The Balaban J connectivity index is 4.58. The molecule has 0 bridgehead atoms. The number of nitrogens with one attached hydrogen (secondary N) is 2. The molecule has 0 saturated heterocycles. The minimum absolute atomic E-state index is 0.0809. The molecule has 0 aliphatic rings. The molecule has 2 N–H and O–H groups in total. The number of carbonyl (C=O) groups is 1. The van der Waals surface area contributed by atoms with E-state index >= 15 is 0 Å². The molecule has 0 fully saturated rings. The summed E-state index contributed by atoms with van der Waals surface area (Å²) >= 11 is 0. The maximum atomic E-state index is 10.8. The van der Waals surface area contributed by atoms with E-state index in [9.17, 15) is 4.79 Å². The number of carbonyl (C=O) groups excluding carboxylic acids is 1. The van der Waals surface area contributed by atoms with Crippen molar-refractivity contribution in [2.24, 2.45) is 0 Å². The second kappa shape index (κ2) is 4.59. The standard InChI is InChI=1S/C9H16N2O/c1-6(2)9(7(3)10-5)11-8(4)12/h10H,3H2,1-2,4-5H3,(H,11,12). The lowest BCUT2D eigenvalue weighted by Crippen LogP contribution is -2.25. The Kier molecular flexibility index (Phi) is 4.11. The monoisotopic (exact) mass is 168 g/mol. The van der Waals surface area contributed by atoms with Crippen molar-refractivity contribution < 1.29 is 4.79 Å². The first-order chi connectivity index (χ1) is 5.49. The van der Waals surface area contributed by atoms with Gasteiger partial charge in [0.15, 0.2) is 0 Å². The molecule has 0 spiro atoms. The summed E-state index contributed by atoms with van der Waals surface area (Å²) in [6.07, 6.45) is 0. The summed E-state index contributed by atoms with van der Waals surface area (Å²) in [5.74, 6) is -0.0809. The van der Waals surface area contributed by atoms with Crippen LogP contribution in [0.15, 0.2) is 23.5 Å². The summed E-state index contributed by atoms with van der Waals surface area (Å²) < 4.78 is 0. The molecule has 0 aliphatic heterocycles. The van der Waals surface area contributed by atoms with Crippen molar-refractivity contribution in [3.05, 3.63) is 23.5 Å². The molecule has 3 nitrogen and oxygen atoms in total. The first kappa shape index (κ1) is 10.8. The van der Waals surface area contributed by atoms with Crippen molar-refractivity contribution in [1.29, 1.82) is 0 Å². The predicted molar refractivity (Wildman–Crippen MR) is 50.4 cm³/mol. The van der Waals surface area contributed by atoms with Crippen molar-refractivity contribution in [2.45, 2.75) is 20.8 Å². The van der Waals surface area contributed by atoms with E-state index in [0.717, 1.165) is 17.0 Å². The van der Waals surface area contributed by atoms with E-state index in [2.05, 4.69) is 17.2 Å². The van der Waals surface area contributed by atoms with Gasteiger partial charge in [-0.3, -0.25) is 4.79 Å². The Morgan fingerprint density at radius 3 is 2.00 bits per heavy atom. The van der Waals surface area contributed by atoms with E-state index in [1.54, 1.807) is 7.05 Å². The molecule has 0 aromatic rings. The topological polar surface area (TPSA) is 41.1 Å². The molecule has 12 heavy (non-hydrogen) atoms. The van der Waals surface area contributed by atoms with Gasteiger partial charge in [-0.15, -0.1) is 0 Å². The highest BCUT2D eigenvalue weighted by Gasteiger charge is 2.03. The van der Waals surface area contributed by atoms with E-state index in [1.807, 2.05) is 13.8 Å². The Morgan fingerprint density at radius 2 is 1.75 bits per heavy atom. The third kappa shape index (κ3) is 3.23. The molecular weight excluding hydrogens is 152 g/mol. The van der Waals surface area contributed by atoms with Gasteiger partial charge in [-0.2, -0.15) is 0 Å².